The van der Waals surface area contributed by atoms with E-state index in [4.69, 9.17) is 0 Å². The summed E-state index contributed by atoms with van der Waals surface area (Å²) >= 11 is 3.25. The van der Waals surface area contributed by atoms with Crippen LogP contribution in [0.15, 0.2) is 17.5 Å². The maximum atomic E-state index is 12.9. The molecule has 1 unspecified atom stereocenters. The van der Waals surface area contributed by atoms with Crippen LogP contribution in [0.5, 0.6) is 0 Å². The maximum absolute atomic E-state index is 12.9. The van der Waals surface area contributed by atoms with Crippen LogP contribution >= 0.6 is 22.7 Å². The van der Waals surface area contributed by atoms with Crippen LogP contribution in [0.4, 0.5) is 10.3 Å². The number of rotatable bonds is 11. The molecule has 2 aliphatic rings. The Morgan fingerprint density at radius 2 is 2.12 bits per heavy atom. The number of unbranched alkanes of at least 4 members (excludes halogenated alkanes) is 1. The number of thiophene rings is 1. The molecule has 4 rings (SSSR count). The van der Waals surface area contributed by atoms with Gasteiger partial charge >= 0.3 is 0 Å². The Hall–Kier alpha value is -2.04. The molecular weight excluding hydrogens is 456 g/mol. The minimum absolute atomic E-state index is 0.0408. The Kier molecular flexibility index (Phi) is 8.69. The van der Waals surface area contributed by atoms with Gasteiger partial charge in [0.05, 0.1) is 5.92 Å². The first-order valence-corrected chi connectivity index (χ1v) is 13.7. The number of carbonyl (C=O) groups is 2. The molecule has 10 heteroatoms. The van der Waals surface area contributed by atoms with Crippen molar-refractivity contribution in [1.82, 2.24) is 20.4 Å². The minimum atomic E-state index is -0.0408. The molecule has 2 aliphatic heterocycles. The summed E-state index contributed by atoms with van der Waals surface area (Å²) < 4.78 is 0. The number of nitrogens with zero attached hydrogens (tertiary/aromatic N) is 5. The van der Waals surface area contributed by atoms with Gasteiger partial charge in [0.2, 0.25) is 22.1 Å². The lowest BCUT2D eigenvalue weighted by molar-refractivity contribution is -0.125. The van der Waals surface area contributed by atoms with Crippen molar-refractivity contribution >= 4 is 44.8 Å². The highest BCUT2D eigenvalue weighted by Crippen LogP contribution is 2.32. The number of piperidine rings is 1. The van der Waals surface area contributed by atoms with E-state index < -0.39 is 0 Å². The third kappa shape index (κ3) is 6.51. The van der Waals surface area contributed by atoms with Crippen molar-refractivity contribution in [2.75, 3.05) is 49.1 Å². The quantitative estimate of drug-likeness (QED) is 0.520. The normalized spacial score (nSPS) is 19.0. The second-order valence-electron chi connectivity index (χ2n) is 8.80. The first-order valence-electron chi connectivity index (χ1n) is 12.1. The molecule has 0 aromatic carbocycles. The molecule has 0 radical (unpaired) electrons. The molecule has 33 heavy (non-hydrogen) atoms. The number of aromatic nitrogens is 2. The van der Waals surface area contributed by atoms with Crippen LogP contribution in [0.1, 0.15) is 50.3 Å². The predicted molar refractivity (Wildman–Crippen MR) is 134 cm³/mol. The molecule has 0 bridgehead atoms. The molecule has 1 atom stereocenters. The number of nitrogens with one attached hydrogen (secondary N) is 1. The zero-order valence-electron chi connectivity index (χ0n) is 19.4. The Morgan fingerprint density at radius 1 is 1.24 bits per heavy atom. The Bertz CT molecular complexity index is 903. The molecule has 0 aliphatic carbocycles. The van der Waals surface area contributed by atoms with Crippen LogP contribution < -0.4 is 15.1 Å². The van der Waals surface area contributed by atoms with Gasteiger partial charge in [0.1, 0.15) is 0 Å². The second kappa shape index (κ2) is 11.9. The highest BCUT2D eigenvalue weighted by Gasteiger charge is 2.30. The van der Waals surface area contributed by atoms with Crippen molar-refractivity contribution in [3.8, 4) is 0 Å². The monoisotopic (exact) mass is 490 g/mol. The van der Waals surface area contributed by atoms with Crippen molar-refractivity contribution in [2.45, 2.75) is 52.0 Å². The van der Waals surface area contributed by atoms with E-state index in [0.29, 0.717) is 24.6 Å². The number of carbonyl (C=O) groups excluding carboxylic acids is 2. The van der Waals surface area contributed by atoms with Crippen molar-refractivity contribution in [3.05, 3.63) is 22.4 Å². The summed E-state index contributed by atoms with van der Waals surface area (Å²) in [5.74, 6) is 0.215. The summed E-state index contributed by atoms with van der Waals surface area (Å²) in [6, 6.07) is 4.27. The highest BCUT2D eigenvalue weighted by molar-refractivity contribution is 7.19. The molecule has 0 spiro atoms. The van der Waals surface area contributed by atoms with Gasteiger partial charge in [-0.1, -0.05) is 30.7 Å². The Morgan fingerprint density at radius 3 is 2.88 bits per heavy atom. The number of hydrogen-bond donors (Lipinski definition) is 1. The molecule has 2 saturated heterocycles. The molecule has 1 N–H and O–H groups in total. The third-order valence-corrected chi connectivity index (χ3v) is 8.15. The molecule has 4 heterocycles. The van der Waals surface area contributed by atoms with E-state index in [2.05, 4.69) is 49.8 Å². The SMILES string of the molecule is CCCCN(CCNC(=O)C1CCCN(c2nnc(N3CCCC3=O)s2)C1)Cc1cccs1. The van der Waals surface area contributed by atoms with Crippen molar-refractivity contribution in [2.24, 2.45) is 5.92 Å². The van der Waals surface area contributed by atoms with Gasteiger partial charge in [-0.05, 0) is 43.7 Å². The first-order chi connectivity index (χ1) is 16.1. The summed E-state index contributed by atoms with van der Waals surface area (Å²) in [6.45, 7) is 8.00. The van der Waals surface area contributed by atoms with Crippen LogP contribution in [-0.2, 0) is 16.1 Å². The average Bonchev–Trinajstić information content (AvgIpc) is 3.59. The summed E-state index contributed by atoms with van der Waals surface area (Å²) in [5.41, 5.74) is 0. The van der Waals surface area contributed by atoms with Gasteiger partial charge in [-0.15, -0.1) is 21.5 Å². The molecule has 2 aromatic rings. The standard InChI is InChI=1S/C23H34N6O2S2/c1-2-3-11-27(17-19-8-6-15-32-19)14-10-24-21(31)18-7-4-12-28(16-18)22-25-26-23(33-22)29-13-5-9-20(29)30/h6,8,15,18H,2-5,7,9-14,16-17H2,1H3,(H,24,31). The van der Waals surface area contributed by atoms with Gasteiger partial charge in [0, 0.05) is 50.6 Å². The molecule has 2 fully saturated rings. The smallest absolute Gasteiger partial charge is 0.228 e. The molecular formula is C23H34N6O2S2. The molecule has 2 amide bonds. The summed E-state index contributed by atoms with van der Waals surface area (Å²) in [6.07, 6.45) is 5.66. The fourth-order valence-corrected chi connectivity index (χ4v) is 6.09. The highest BCUT2D eigenvalue weighted by atomic mass is 32.1. The van der Waals surface area contributed by atoms with E-state index in [0.717, 1.165) is 57.1 Å². The Balaban J connectivity index is 1.26. The van der Waals surface area contributed by atoms with Gasteiger partial charge in [-0.25, -0.2) is 0 Å². The summed E-state index contributed by atoms with van der Waals surface area (Å²) in [5, 5.41) is 15.4. The maximum Gasteiger partial charge on any atom is 0.228 e. The summed E-state index contributed by atoms with van der Waals surface area (Å²) in [7, 11) is 0. The average molecular weight is 491 g/mol. The van der Waals surface area contributed by atoms with Crippen molar-refractivity contribution in [3.63, 3.8) is 0 Å². The second-order valence-corrected chi connectivity index (χ2v) is 10.8. The lowest BCUT2D eigenvalue weighted by atomic mass is 9.97. The first kappa shape index (κ1) is 24.1. The zero-order chi connectivity index (χ0) is 23.0. The number of hydrogen-bond acceptors (Lipinski definition) is 8. The van der Waals surface area contributed by atoms with E-state index in [9.17, 15) is 9.59 Å². The lowest BCUT2D eigenvalue weighted by Gasteiger charge is -2.31. The fourth-order valence-electron chi connectivity index (χ4n) is 4.42. The van der Waals surface area contributed by atoms with Crippen LogP contribution in [0, 0.1) is 5.92 Å². The van der Waals surface area contributed by atoms with Crippen LogP contribution in [0.2, 0.25) is 0 Å². The molecule has 0 saturated carbocycles. The molecule has 2 aromatic heterocycles. The predicted octanol–water partition coefficient (Wildman–Crippen LogP) is 3.36. The molecule has 8 nitrogen and oxygen atoms in total. The topological polar surface area (TPSA) is 81.7 Å². The van der Waals surface area contributed by atoms with E-state index in [1.54, 1.807) is 16.2 Å². The Labute approximate surface area is 204 Å². The van der Waals surface area contributed by atoms with Gasteiger partial charge < -0.3 is 10.2 Å². The van der Waals surface area contributed by atoms with Crippen molar-refractivity contribution in [1.29, 1.82) is 0 Å². The van der Waals surface area contributed by atoms with E-state index in [1.807, 2.05) is 0 Å². The lowest BCUT2D eigenvalue weighted by Crippen LogP contribution is -2.44. The van der Waals surface area contributed by atoms with Crippen LogP contribution in [0.3, 0.4) is 0 Å². The third-order valence-electron chi connectivity index (χ3n) is 6.29. The summed E-state index contributed by atoms with van der Waals surface area (Å²) in [4.78, 5) is 32.6. The number of anilines is 2. The van der Waals surface area contributed by atoms with E-state index >= 15 is 0 Å². The van der Waals surface area contributed by atoms with Gasteiger partial charge in [-0.2, -0.15) is 0 Å². The zero-order valence-corrected chi connectivity index (χ0v) is 21.0. The van der Waals surface area contributed by atoms with Crippen LogP contribution in [0.25, 0.3) is 0 Å². The fraction of sp³-hybridized carbons (Fsp3) is 0.652. The van der Waals surface area contributed by atoms with E-state index in [1.165, 1.54) is 29.1 Å². The molecule has 180 valence electrons. The van der Waals surface area contributed by atoms with Gasteiger partial charge in [-0.3, -0.25) is 19.4 Å². The van der Waals surface area contributed by atoms with Gasteiger partial charge in [0.25, 0.3) is 0 Å². The van der Waals surface area contributed by atoms with Crippen molar-refractivity contribution < 1.29 is 9.59 Å². The number of amides is 2. The largest absolute Gasteiger partial charge is 0.355 e. The van der Waals surface area contributed by atoms with Gasteiger partial charge in [0.15, 0.2) is 0 Å². The van der Waals surface area contributed by atoms with E-state index in [-0.39, 0.29) is 17.7 Å². The van der Waals surface area contributed by atoms with Crippen LogP contribution in [-0.4, -0.2) is 66.2 Å². The minimum Gasteiger partial charge on any atom is -0.355 e.